The van der Waals surface area contributed by atoms with E-state index in [4.69, 9.17) is 11.6 Å². The Morgan fingerprint density at radius 2 is 1.71 bits per heavy atom. The van der Waals surface area contributed by atoms with Crippen LogP contribution in [0.25, 0.3) is 11.0 Å². The average Bonchev–Trinajstić information content (AvgIpc) is 2.83. The van der Waals surface area contributed by atoms with Crippen molar-refractivity contribution in [2.24, 2.45) is 0 Å². The Kier molecular flexibility index (Phi) is 3.22. The fourth-order valence-electron chi connectivity index (χ4n) is 2.13. The van der Waals surface area contributed by atoms with E-state index in [2.05, 4.69) is 9.97 Å². The van der Waals surface area contributed by atoms with Gasteiger partial charge in [-0.25, -0.2) is 17.4 Å². The van der Waals surface area contributed by atoms with Crippen molar-refractivity contribution in [1.82, 2.24) is 13.9 Å². The predicted molar refractivity (Wildman–Crippen MR) is 81.0 cm³/mol. The molecule has 3 aromatic rings. The van der Waals surface area contributed by atoms with Crippen molar-refractivity contribution in [3.63, 3.8) is 0 Å². The molecule has 0 bridgehead atoms. The van der Waals surface area contributed by atoms with E-state index in [0.717, 1.165) is 9.54 Å². The number of hydrogen-bond donors (Lipinski definition) is 0. The first-order valence-corrected chi connectivity index (χ1v) is 8.05. The van der Waals surface area contributed by atoms with Crippen LogP contribution in [0.4, 0.5) is 0 Å². The van der Waals surface area contributed by atoms with Crippen LogP contribution < -0.4 is 0 Å². The molecule has 0 fully saturated rings. The molecule has 0 aliphatic carbocycles. The quantitative estimate of drug-likeness (QED) is 0.681. The highest BCUT2D eigenvalue weighted by atomic mass is 35.5. The number of hydrogen-bond acceptors (Lipinski definition) is 4. The van der Waals surface area contributed by atoms with Crippen molar-refractivity contribution in [3.05, 3.63) is 53.1 Å². The van der Waals surface area contributed by atoms with Crippen LogP contribution in [0.3, 0.4) is 0 Å². The van der Waals surface area contributed by atoms with Crippen LogP contribution in [-0.2, 0) is 10.0 Å². The monoisotopic (exact) mass is 321 g/mol. The number of aryl methyl sites for hydroxylation is 2. The van der Waals surface area contributed by atoms with Gasteiger partial charge >= 0.3 is 0 Å². The molecule has 21 heavy (non-hydrogen) atoms. The van der Waals surface area contributed by atoms with Crippen LogP contribution in [0, 0.1) is 13.8 Å². The van der Waals surface area contributed by atoms with Crippen molar-refractivity contribution in [2.75, 3.05) is 0 Å². The van der Waals surface area contributed by atoms with Gasteiger partial charge in [0.15, 0.2) is 5.65 Å². The van der Waals surface area contributed by atoms with Gasteiger partial charge in [0.05, 0.1) is 10.6 Å². The van der Waals surface area contributed by atoms with Crippen molar-refractivity contribution < 1.29 is 8.42 Å². The Bertz CT molecular complexity index is 931. The molecular weight excluding hydrogens is 310 g/mol. The highest BCUT2D eigenvalue weighted by Crippen LogP contribution is 2.23. The molecule has 0 spiro atoms. The molecule has 0 aliphatic rings. The second-order valence-electron chi connectivity index (χ2n) is 4.74. The second kappa shape index (κ2) is 4.82. The van der Waals surface area contributed by atoms with Gasteiger partial charge < -0.3 is 0 Å². The van der Waals surface area contributed by atoms with Crippen molar-refractivity contribution in [3.8, 4) is 0 Å². The molecule has 108 valence electrons. The molecule has 3 rings (SSSR count). The summed E-state index contributed by atoms with van der Waals surface area (Å²) < 4.78 is 26.5. The molecule has 2 aromatic heterocycles. The molecule has 0 unspecified atom stereocenters. The summed E-state index contributed by atoms with van der Waals surface area (Å²) in [6.07, 6.45) is 1.47. The number of benzene rings is 1. The van der Waals surface area contributed by atoms with Gasteiger partial charge in [-0.1, -0.05) is 17.7 Å². The minimum atomic E-state index is -3.70. The number of aromatic nitrogens is 3. The van der Waals surface area contributed by atoms with E-state index >= 15 is 0 Å². The summed E-state index contributed by atoms with van der Waals surface area (Å²) in [5.41, 5.74) is 1.92. The molecule has 0 atom stereocenters. The SMILES string of the molecule is Cc1ccc(S(=O)(=O)n2ccc3c(C)nc(Cl)nc32)cc1. The van der Waals surface area contributed by atoms with Crippen molar-refractivity contribution >= 4 is 32.7 Å². The van der Waals surface area contributed by atoms with Crippen molar-refractivity contribution in [2.45, 2.75) is 18.7 Å². The highest BCUT2D eigenvalue weighted by molar-refractivity contribution is 7.90. The smallest absolute Gasteiger partial charge is 0.224 e. The molecule has 2 heterocycles. The molecule has 5 nitrogen and oxygen atoms in total. The maximum absolute atomic E-state index is 12.7. The summed E-state index contributed by atoms with van der Waals surface area (Å²) in [4.78, 5) is 8.28. The zero-order chi connectivity index (χ0) is 15.2. The zero-order valence-electron chi connectivity index (χ0n) is 11.4. The lowest BCUT2D eigenvalue weighted by atomic mass is 10.2. The van der Waals surface area contributed by atoms with Crippen LogP contribution >= 0.6 is 11.6 Å². The molecule has 0 aliphatic heterocycles. The molecule has 0 radical (unpaired) electrons. The van der Waals surface area contributed by atoms with Gasteiger partial charge in [-0.3, -0.25) is 0 Å². The summed E-state index contributed by atoms with van der Waals surface area (Å²) >= 11 is 5.84. The van der Waals surface area contributed by atoms with Gasteiger partial charge in [0.25, 0.3) is 10.0 Å². The second-order valence-corrected chi connectivity index (χ2v) is 6.90. The third-order valence-electron chi connectivity index (χ3n) is 3.25. The lowest BCUT2D eigenvalue weighted by Gasteiger charge is -2.07. The Labute approximate surface area is 127 Å². The average molecular weight is 322 g/mol. The van der Waals surface area contributed by atoms with Gasteiger partial charge in [-0.2, -0.15) is 4.98 Å². The largest absolute Gasteiger partial charge is 0.269 e. The lowest BCUT2D eigenvalue weighted by Crippen LogP contribution is -2.12. The minimum Gasteiger partial charge on any atom is -0.224 e. The van der Waals surface area contributed by atoms with Crippen LogP contribution in [0.2, 0.25) is 5.28 Å². The van der Waals surface area contributed by atoms with E-state index in [0.29, 0.717) is 11.1 Å². The fraction of sp³-hybridized carbons (Fsp3) is 0.143. The summed E-state index contributed by atoms with van der Waals surface area (Å²) in [6.45, 7) is 3.66. The lowest BCUT2D eigenvalue weighted by molar-refractivity contribution is 0.588. The van der Waals surface area contributed by atoms with E-state index in [1.807, 2.05) is 6.92 Å². The van der Waals surface area contributed by atoms with Gasteiger partial charge in [-0.15, -0.1) is 0 Å². The van der Waals surface area contributed by atoms with Crippen molar-refractivity contribution in [1.29, 1.82) is 0 Å². The normalized spacial score (nSPS) is 12.0. The van der Waals surface area contributed by atoms with E-state index in [9.17, 15) is 8.42 Å². The Balaban J connectivity index is 2.27. The van der Waals surface area contributed by atoms with Gasteiger partial charge in [0.2, 0.25) is 5.28 Å². The maximum Gasteiger partial charge on any atom is 0.269 e. The first-order chi connectivity index (χ1) is 9.89. The molecule has 7 heteroatoms. The molecule has 0 saturated heterocycles. The van der Waals surface area contributed by atoms with Gasteiger partial charge in [-0.05, 0) is 43.6 Å². The van der Waals surface area contributed by atoms with E-state index in [-0.39, 0.29) is 15.8 Å². The van der Waals surface area contributed by atoms with E-state index in [1.54, 1.807) is 37.3 Å². The fourth-order valence-corrected chi connectivity index (χ4v) is 3.63. The van der Waals surface area contributed by atoms with E-state index in [1.165, 1.54) is 6.20 Å². The molecule has 0 N–H and O–H groups in total. The van der Waals surface area contributed by atoms with E-state index < -0.39 is 10.0 Å². The number of halogens is 1. The summed E-state index contributed by atoms with van der Waals surface area (Å²) in [5, 5.41) is 0.689. The van der Waals surface area contributed by atoms with Crippen LogP contribution in [0.1, 0.15) is 11.3 Å². The molecular formula is C14H12ClN3O2S. The topological polar surface area (TPSA) is 64.8 Å². The van der Waals surface area contributed by atoms with Crippen LogP contribution in [0.15, 0.2) is 41.4 Å². The number of nitrogens with zero attached hydrogens (tertiary/aromatic N) is 3. The van der Waals surface area contributed by atoms with Gasteiger partial charge in [0.1, 0.15) is 0 Å². The molecule has 1 aromatic carbocycles. The minimum absolute atomic E-state index is 0.0269. The van der Waals surface area contributed by atoms with Crippen LogP contribution in [-0.4, -0.2) is 22.4 Å². The summed E-state index contributed by atoms with van der Waals surface area (Å²) in [7, 11) is -3.70. The molecule has 0 amide bonds. The summed E-state index contributed by atoms with van der Waals surface area (Å²) in [6, 6.07) is 8.34. The Morgan fingerprint density at radius 3 is 2.38 bits per heavy atom. The first-order valence-electron chi connectivity index (χ1n) is 6.23. The molecule has 0 saturated carbocycles. The van der Waals surface area contributed by atoms with Gasteiger partial charge in [0, 0.05) is 11.6 Å². The third kappa shape index (κ3) is 2.30. The number of fused-ring (bicyclic) bond motifs is 1. The predicted octanol–water partition coefficient (Wildman–Crippen LogP) is 2.94. The third-order valence-corrected chi connectivity index (χ3v) is 5.10. The standard InChI is InChI=1S/C14H12ClN3O2S/c1-9-3-5-11(6-4-9)21(19,20)18-8-7-12-10(2)16-14(15)17-13(12)18/h3-8H,1-2H3. The first kappa shape index (κ1) is 14.0. The van der Waals surface area contributed by atoms with Crippen LogP contribution in [0.5, 0.6) is 0 Å². The summed E-state index contributed by atoms with van der Waals surface area (Å²) in [5.74, 6) is 0. The Morgan fingerprint density at radius 1 is 1.05 bits per heavy atom. The number of rotatable bonds is 2. The Hall–Kier alpha value is -1.92. The maximum atomic E-state index is 12.7. The highest BCUT2D eigenvalue weighted by Gasteiger charge is 2.20. The zero-order valence-corrected chi connectivity index (χ0v) is 13.0.